The summed E-state index contributed by atoms with van der Waals surface area (Å²) in [5.41, 5.74) is -1.66. The molecule has 6 atom stereocenters. The number of alkyl carbamates (subject to hydrolysis) is 1. The van der Waals surface area contributed by atoms with E-state index in [0.717, 1.165) is 19.3 Å². The zero-order valence-corrected chi connectivity index (χ0v) is 22.9. The molecule has 1 amide bonds. The van der Waals surface area contributed by atoms with Gasteiger partial charge in [-0.2, -0.15) is 0 Å². The van der Waals surface area contributed by atoms with Crippen LogP contribution in [0, 0.1) is 23.2 Å². The largest absolute Gasteiger partial charge is 0.466 e. The van der Waals surface area contributed by atoms with Crippen LogP contribution in [0.15, 0.2) is 25.3 Å². The molecule has 0 saturated heterocycles. The summed E-state index contributed by atoms with van der Waals surface area (Å²) in [6.07, 6.45) is 6.57. The predicted octanol–water partition coefficient (Wildman–Crippen LogP) is 4.69. The van der Waals surface area contributed by atoms with Crippen molar-refractivity contribution in [2.45, 2.75) is 103 Å². The number of aliphatic hydroxyl groups excluding tert-OH is 1. The zero-order valence-electron chi connectivity index (χ0n) is 22.9. The van der Waals surface area contributed by atoms with E-state index in [1.54, 1.807) is 33.8 Å². The lowest BCUT2D eigenvalue weighted by Gasteiger charge is -2.27. The average Bonchev–Trinajstić information content (AvgIpc) is 3.39. The molecule has 0 aromatic rings. The first-order chi connectivity index (χ1) is 17.4. The second-order valence-electron chi connectivity index (χ2n) is 11.4. The third-order valence-electron chi connectivity index (χ3n) is 7.34. The summed E-state index contributed by atoms with van der Waals surface area (Å²) >= 11 is 0. The number of carbonyl (C=O) groups excluding carboxylic acids is 4. The van der Waals surface area contributed by atoms with Crippen LogP contribution in [-0.2, 0) is 23.9 Å². The summed E-state index contributed by atoms with van der Waals surface area (Å²) in [5.74, 6) is -2.52. The number of allylic oxidation sites excluding steroid dienone is 2. The van der Waals surface area contributed by atoms with Gasteiger partial charge in [-0.05, 0) is 72.1 Å². The highest BCUT2D eigenvalue weighted by molar-refractivity contribution is 5.97. The molecule has 0 aromatic heterocycles. The van der Waals surface area contributed by atoms with Gasteiger partial charge in [0.25, 0.3) is 0 Å². The van der Waals surface area contributed by atoms with E-state index in [2.05, 4.69) is 18.5 Å². The average molecular weight is 520 g/mol. The Hall–Kier alpha value is -2.48. The number of unbranched alkanes of at least 4 members (excludes halogenated alkanes) is 3. The third-order valence-corrected chi connectivity index (χ3v) is 7.34. The van der Waals surface area contributed by atoms with E-state index in [1.807, 2.05) is 6.08 Å². The monoisotopic (exact) mass is 519 g/mol. The van der Waals surface area contributed by atoms with Crippen LogP contribution in [0.5, 0.6) is 0 Å². The van der Waals surface area contributed by atoms with Crippen molar-refractivity contribution in [2.75, 3.05) is 6.61 Å². The van der Waals surface area contributed by atoms with Gasteiger partial charge < -0.3 is 19.9 Å². The SMILES string of the molecule is C=CCCCCC[C@H](NC(=O)OC(C)(C)C)C(=O)C1C[C@@H](O)C[C@H]1C(=O)C[C@]1(C(=O)OCC)C[C@H]1C=C. The summed E-state index contributed by atoms with van der Waals surface area (Å²) < 4.78 is 10.6. The van der Waals surface area contributed by atoms with Gasteiger partial charge in [0, 0.05) is 18.3 Å². The number of rotatable bonds is 15. The number of nitrogens with one attached hydrogen (secondary N) is 1. The van der Waals surface area contributed by atoms with Gasteiger partial charge in [-0.3, -0.25) is 14.4 Å². The number of ketones is 2. The van der Waals surface area contributed by atoms with Crippen molar-refractivity contribution in [3.63, 3.8) is 0 Å². The molecule has 8 heteroatoms. The van der Waals surface area contributed by atoms with Crippen molar-refractivity contribution in [2.24, 2.45) is 23.2 Å². The van der Waals surface area contributed by atoms with E-state index in [0.29, 0.717) is 19.3 Å². The number of aliphatic hydroxyl groups is 1. The van der Waals surface area contributed by atoms with Crippen LogP contribution in [0.2, 0.25) is 0 Å². The maximum Gasteiger partial charge on any atom is 0.408 e. The van der Waals surface area contributed by atoms with E-state index in [9.17, 15) is 24.3 Å². The second-order valence-corrected chi connectivity index (χ2v) is 11.4. The molecule has 2 fully saturated rings. The van der Waals surface area contributed by atoms with Crippen molar-refractivity contribution < 1.29 is 33.8 Å². The minimum absolute atomic E-state index is 0.0462. The minimum Gasteiger partial charge on any atom is -0.466 e. The quantitative estimate of drug-likeness (QED) is 0.183. The van der Waals surface area contributed by atoms with Crippen LogP contribution in [-0.4, -0.2) is 53.1 Å². The predicted molar refractivity (Wildman–Crippen MR) is 141 cm³/mol. The van der Waals surface area contributed by atoms with Gasteiger partial charge in [0.2, 0.25) is 0 Å². The lowest BCUT2D eigenvalue weighted by atomic mass is 9.81. The summed E-state index contributed by atoms with van der Waals surface area (Å²) in [6.45, 7) is 14.7. The molecule has 0 spiro atoms. The maximum absolute atomic E-state index is 13.7. The smallest absolute Gasteiger partial charge is 0.408 e. The fourth-order valence-electron chi connectivity index (χ4n) is 5.36. The first kappa shape index (κ1) is 30.7. The number of amides is 1. The first-order valence-corrected chi connectivity index (χ1v) is 13.5. The van der Waals surface area contributed by atoms with Gasteiger partial charge in [0.15, 0.2) is 5.78 Å². The van der Waals surface area contributed by atoms with E-state index in [4.69, 9.17) is 9.47 Å². The third kappa shape index (κ3) is 8.52. The van der Waals surface area contributed by atoms with Gasteiger partial charge in [0.1, 0.15) is 11.4 Å². The molecule has 2 aliphatic carbocycles. The number of Topliss-reactive ketones (excluding diaryl/α,β-unsaturated/α-hetero) is 2. The van der Waals surface area contributed by atoms with Crippen LogP contribution in [0.3, 0.4) is 0 Å². The Balaban J connectivity index is 2.17. The van der Waals surface area contributed by atoms with Gasteiger partial charge in [0.05, 0.1) is 24.2 Å². The van der Waals surface area contributed by atoms with Crippen LogP contribution in [0.25, 0.3) is 0 Å². The Bertz CT molecular complexity index is 861. The Morgan fingerprint density at radius 1 is 1.11 bits per heavy atom. The standard InChI is InChI=1S/C29H45NO7/c1-7-10-11-12-13-14-23(30-27(35)37-28(4,5)6)25(33)22-16-20(31)15-21(22)24(32)18-29(17-19(29)8-2)26(34)36-9-3/h7-8,19-23,31H,1-2,9-18H2,3-6H3,(H,30,35)/t19-,20+,21-,22?,23+,29-/m1/s1. The molecule has 0 bridgehead atoms. The molecular weight excluding hydrogens is 474 g/mol. The highest BCUT2D eigenvalue weighted by atomic mass is 16.6. The van der Waals surface area contributed by atoms with Gasteiger partial charge in [-0.1, -0.05) is 25.0 Å². The van der Waals surface area contributed by atoms with E-state index in [-0.39, 0.29) is 43.4 Å². The molecule has 0 aromatic carbocycles. The number of carbonyl (C=O) groups is 4. The number of hydrogen-bond acceptors (Lipinski definition) is 7. The molecule has 0 aliphatic heterocycles. The van der Waals surface area contributed by atoms with Crippen molar-refractivity contribution in [3.8, 4) is 0 Å². The van der Waals surface area contributed by atoms with E-state index < -0.39 is 47.1 Å². The fourth-order valence-corrected chi connectivity index (χ4v) is 5.36. The Morgan fingerprint density at radius 2 is 1.78 bits per heavy atom. The van der Waals surface area contributed by atoms with E-state index >= 15 is 0 Å². The van der Waals surface area contributed by atoms with Gasteiger partial charge in [-0.25, -0.2) is 4.79 Å². The number of ether oxygens (including phenoxy) is 2. The van der Waals surface area contributed by atoms with Crippen LogP contribution in [0.4, 0.5) is 4.79 Å². The van der Waals surface area contributed by atoms with E-state index in [1.165, 1.54) is 0 Å². The molecular formula is C29H45NO7. The highest BCUT2D eigenvalue weighted by Gasteiger charge is 2.61. The highest BCUT2D eigenvalue weighted by Crippen LogP contribution is 2.58. The molecule has 2 rings (SSSR count). The maximum atomic E-state index is 13.7. The minimum atomic E-state index is -0.935. The fraction of sp³-hybridized carbons (Fsp3) is 0.724. The van der Waals surface area contributed by atoms with Crippen molar-refractivity contribution in [1.29, 1.82) is 0 Å². The number of hydrogen-bond donors (Lipinski definition) is 2. The first-order valence-electron chi connectivity index (χ1n) is 13.5. The molecule has 208 valence electrons. The Kier molecular flexibility index (Phi) is 11.1. The summed E-state index contributed by atoms with van der Waals surface area (Å²) in [4.78, 5) is 52.4. The molecule has 2 aliphatic rings. The van der Waals surface area contributed by atoms with Gasteiger partial charge >= 0.3 is 12.1 Å². The van der Waals surface area contributed by atoms with Crippen molar-refractivity contribution in [3.05, 3.63) is 25.3 Å². The normalized spacial score (nSPS) is 27.6. The lowest BCUT2D eigenvalue weighted by molar-refractivity contribution is -0.152. The Morgan fingerprint density at radius 3 is 2.35 bits per heavy atom. The zero-order chi connectivity index (χ0) is 27.8. The second kappa shape index (κ2) is 13.4. The van der Waals surface area contributed by atoms with Crippen molar-refractivity contribution >= 4 is 23.6 Å². The summed E-state index contributed by atoms with van der Waals surface area (Å²) in [6, 6.07) is -0.829. The molecule has 0 radical (unpaired) electrons. The molecule has 8 nitrogen and oxygen atoms in total. The molecule has 0 heterocycles. The number of esters is 1. The Labute approximate surface area is 221 Å². The van der Waals surface area contributed by atoms with Crippen LogP contribution < -0.4 is 5.32 Å². The molecule has 2 saturated carbocycles. The lowest BCUT2D eigenvalue weighted by Crippen LogP contribution is -2.47. The molecule has 1 unspecified atom stereocenters. The summed E-state index contributed by atoms with van der Waals surface area (Å²) in [5, 5.41) is 13.1. The van der Waals surface area contributed by atoms with Crippen molar-refractivity contribution in [1.82, 2.24) is 5.32 Å². The molecule has 2 N–H and O–H groups in total. The summed E-state index contributed by atoms with van der Waals surface area (Å²) in [7, 11) is 0. The molecule has 37 heavy (non-hydrogen) atoms. The van der Waals surface area contributed by atoms with Crippen LogP contribution in [0.1, 0.15) is 85.5 Å². The van der Waals surface area contributed by atoms with Gasteiger partial charge in [-0.15, -0.1) is 13.2 Å². The topological polar surface area (TPSA) is 119 Å². The van der Waals surface area contributed by atoms with Crippen LogP contribution >= 0.6 is 0 Å².